The summed E-state index contributed by atoms with van der Waals surface area (Å²) in [4.78, 5) is 11.6. The Hall–Kier alpha value is -0.570. The molecule has 94 valence electrons. The van der Waals surface area contributed by atoms with Crippen molar-refractivity contribution in [3.05, 3.63) is 0 Å². The fraction of sp³-hybridized carbons (Fsp3) is 0.923. The molecule has 0 saturated heterocycles. The third-order valence-corrected chi connectivity index (χ3v) is 3.51. The van der Waals surface area contributed by atoms with Crippen LogP contribution in [-0.2, 0) is 4.79 Å². The van der Waals surface area contributed by atoms with Crippen molar-refractivity contribution < 1.29 is 9.90 Å². The summed E-state index contributed by atoms with van der Waals surface area (Å²) >= 11 is 0. The number of aliphatic hydroxyl groups excluding tert-OH is 1. The molecule has 0 aliphatic heterocycles. The lowest BCUT2D eigenvalue weighted by molar-refractivity contribution is -0.122. The molecule has 3 nitrogen and oxygen atoms in total. The first kappa shape index (κ1) is 13.5. The minimum atomic E-state index is -0.375. The Bertz CT molecular complexity index is 216. The van der Waals surface area contributed by atoms with Gasteiger partial charge in [-0.15, -0.1) is 0 Å². The molecule has 1 saturated carbocycles. The van der Waals surface area contributed by atoms with Gasteiger partial charge in [0.05, 0.1) is 6.10 Å². The highest BCUT2D eigenvalue weighted by atomic mass is 16.3. The van der Waals surface area contributed by atoms with Gasteiger partial charge in [0.2, 0.25) is 5.91 Å². The first-order chi connectivity index (χ1) is 7.61. The number of carbonyl (C=O) groups excluding carboxylic acids is 1. The van der Waals surface area contributed by atoms with E-state index in [1.807, 2.05) is 0 Å². The van der Waals surface area contributed by atoms with Gasteiger partial charge in [0.25, 0.3) is 0 Å². The van der Waals surface area contributed by atoms with E-state index in [4.69, 9.17) is 5.11 Å². The smallest absolute Gasteiger partial charge is 0.220 e. The van der Waals surface area contributed by atoms with E-state index in [1.54, 1.807) is 6.92 Å². The predicted octanol–water partition coefficient (Wildman–Crippen LogP) is 2.23. The second-order valence-corrected chi connectivity index (χ2v) is 5.09. The van der Waals surface area contributed by atoms with E-state index in [0.29, 0.717) is 18.9 Å². The Morgan fingerprint density at radius 1 is 1.50 bits per heavy atom. The van der Waals surface area contributed by atoms with Crippen molar-refractivity contribution in [1.29, 1.82) is 0 Å². The van der Waals surface area contributed by atoms with E-state index in [-0.39, 0.29) is 12.0 Å². The lowest BCUT2D eigenvalue weighted by Crippen LogP contribution is -2.38. The van der Waals surface area contributed by atoms with Crippen LogP contribution in [0.2, 0.25) is 0 Å². The standard InChI is InChI=1S/C13H25NO2/c1-3-11-5-4-6-12(9-11)14-13(16)8-7-10(2)15/h10-12,15H,3-9H2,1-2H3,(H,14,16). The van der Waals surface area contributed by atoms with Crippen molar-refractivity contribution >= 4 is 5.91 Å². The number of rotatable bonds is 5. The molecule has 0 spiro atoms. The van der Waals surface area contributed by atoms with Crippen LogP contribution in [0.5, 0.6) is 0 Å². The summed E-state index contributed by atoms with van der Waals surface area (Å²) in [5.41, 5.74) is 0. The van der Waals surface area contributed by atoms with Gasteiger partial charge in [0.1, 0.15) is 0 Å². The van der Waals surface area contributed by atoms with Gasteiger partial charge < -0.3 is 10.4 Å². The molecule has 0 aromatic carbocycles. The molecule has 0 radical (unpaired) electrons. The zero-order valence-corrected chi connectivity index (χ0v) is 10.5. The Kier molecular flexibility index (Phi) is 5.81. The van der Waals surface area contributed by atoms with Gasteiger partial charge in [0, 0.05) is 12.5 Å². The lowest BCUT2D eigenvalue weighted by atomic mass is 9.84. The van der Waals surface area contributed by atoms with Crippen LogP contribution < -0.4 is 5.32 Å². The van der Waals surface area contributed by atoms with Gasteiger partial charge in [-0.25, -0.2) is 0 Å². The molecule has 0 bridgehead atoms. The van der Waals surface area contributed by atoms with E-state index in [2.05, 4.69) is 12.2 Å². The maximum Gasteiger partial charge on any atom is 0.220 e. The SMILES string of the molecule is CCC1CCCC(NC(=O)CCC(C)O)C1. The normalized spacial score (nSPS) is 27.4. The maximum atomic E-state index is 11.6. The third-order valence-electron chi connectivity index (χ3n) is 3.51. The highest BCUT2D eigenvalue weighted by Gasteiger charge is 2.21. The predicted molar refractivity (Wildman–Crippen MR) is 65.1 cm³/mol. The van der Waals surface area contributed by atoms with E-state index in [1.165, 1.54) is 19.3 Å². The molecule has 1 rings (SSSR count). The van der Waals surface area contributed by atoms with Crippen LogP contribution in [0.3, 0.4) is 0 Å². The molecule has 0 aromatic rings. The number of nitrogens with one attached hydrogen (secondary N) is 1. The zero-order valence-electron chi connectivity index (χ0n) is 10.5. The summed E-state index contributed by atoms with van der Waals surface area (Å²) < 4.78 is 0. The number of hydrogen-bond acceptors (Lipinski definition) is 2. The van der Waals surface area contributed by atoms with Crippen molar-refractivity contribution in [2.45, 2.75) is 70.9 Å². The average molecular weight is 227 g/mol. The molecule has 1 aliphatic rings. The van der Waals surface area contributed by atoms with Crippen molar-refractivity contribution in [3.8, 4) is 0 Å². The first-order valence-electron chi connectivity index (χ1n) is 6.59. The minimum Gasteiger partial charge on any atom is -0.393 e. The van der Waals surface area contributed by atoms with E-state index < -0.39 is 0 Å². The van der Waals surface area contributed by atoms with Crippen LogP contribution in [0.4, 0.5) is 0 Å². The molecule has 1 amide bonds. The van der Waals surface area contributed by atoms with Crippen molar-refractivity contribution in [1.82, 2.24) is 5.32 Å². The third kappa shape index (κ3) is 4.97. The summed E-state index contributed by atoms with van der Waals surface area (Å²) in [5.74, 6) is 0.887. The second-order valence-electron chi connectivity index (χ2n) is 5.09. The highest BCUT2D eigenvalue weighted by Crippen LogP contribution is 2.26. The van der Waals surface area contributed by atoms with E-state index in [9.17, 15) is 4.79 Å². The summed E-state index contributed by atoms with van der Waals surface area (Å²) in [5, 5.41) is 12.2. The molecule has 1 aliphatic carbocycles. The van der Waals surface area contributed by atoms with Crippen LogP contribution in [0.15, 0.2) is 0 Å². The average Bonchev–Trinajstić information content (AvgIpc) is 2.26. The van der Waals surface area contributed by atoms with Crippen LogP contribution in [0.1, 0.15) is 58.8 Å². The minimum absolute atomic E-state index is 0.0997. The number of carbonyl (C=O) groups is 1. The van der Waals surface area contributed by atoms with Gasteiger partial charge in [-0.3, -0.25) is 4.79 Å². The Balaban J connectivity index is 2.22. The van der Waals surface area contributed by atoms with Crippen molar-refractivity contribution in [2.24, 2.45) is 5.92 Å². The van der Waals surface area contributed by atoms with E-state index in [0.717, 1.165) is 18.8 Å². The molecule has 2 N–H and O–H groups in total. The monoisotopic (exact) mass is 227 g/mol. The summed E-state index contributed by atoms with van der Waals surface area (Å²) in [6.07, 6.45) is 6.67. The second kappa shape index (κ2) is 6.89. The molecule has 16 heavy (non-hydrogen) atoms. The van der Waals surface area contributed by atoms with Crippen LogP contribution >= 0.6 is 0 Å². The van der Waals surface area contributed by atoms with Crippen molar-refractivity contribution in [2.75, 3.05) is 0 Å². The topological polar surface area (TPSA) is 49.3 Å². The quantitative estimate of drug-likeness (QED) is 0.756. The van der Waals surface area contributed by atoms with Crippen LogP contribution in [0, 0.1) is 5.92 Å². The molecular formula is C13H25NO2. The van der Waals surface area contributed by atoms with Gasteiger partial charge in [-0.1, -0.05) is 26.2 Å². The van der Waals surface area contributed by atoms with Gasteiger partial charge in [-0.2, -0.15) is 0 Å². The highest BCUT2D eigenvalue weighted by molar-refractivity contribution is 5.76. The first-order valence-corrected chi connectivity index (χ1v) is 6.59. The fourth-order valence-electron chi connectivity index (χ4n) is 2.43. The molecule has 0 aromatic heterocycles. The fourth-order valence-corrected chi connectivity index (χ4v) is 2.43. The summed E-state index contributed by atoms with van der Waals surface area (Å²) in [6, 6.07) is 0.375. The van der Waals surface area contributed by atoms with E-state index >= 15 is 0 Å². The number of hydrogen-bond donors (Lipinski definition) is 2. The summed E-state index contributed by atoms with van der Waals surface area (Å²) in [6.45, 7) is 3.95. The molecule has 1 fully saturated rings. The van der Waals surface area contributed by atoms with Gasteiger partial charge in [0.15, 0.2) is 0 Å². The lowest BCUT2D eigenvalue weighted by Gasteiger charge is -2.29. The van der Waals surface area contributed by atoms with Crippen LogP contribution in [-0.4, -0.2) is 23.2 Å². The molecule has 3 atom stereocenters. The Morgan fingerprint density at radius 2 is 2.25 bits per heavy atom. The number of aliphatic hydroxyl groups is 1. The Labute approximate surface area is 98.6 Å². The molecule has 0 heterocycles. The summed E-state index contributed by atoms with van der Waals surface area (Å²) in [7, 11) is 0. The Morgan fingerprint density at radius 3 is 2.88 bits per heavy atom. The van der Waals surface area contributed by atoms with Gasteiger partial charge >= 0.3 is 0 Å². The zero-order chi connectivity index (χ0) is 12.0. The van der Waals surface area contributed by atoms with Crippen molar-refractivity contribution in [3.63, 3.8) is 0 Å². The maximum absolute atomic E-state index is 11.6. The molecular weight excluding hydrogens is 202 g/mol. The molecule has 3 heteroatoms. The largest absolute Gasteiger partial charge is 0.393 e. The van der Waals surface area contributed by atoms with Gasteiger partial charge in [-0.05, 0) is 32.1 Å². The molecule has 3 unspecified atom stereocenters. The number of amides is 1. The van der Waals surface area contributed by atoms with Crippen LogP contribution in [0.25, 0.3) is 0 Å².